The molecule has 2 amide bonds. The molecule has 2 aromatic heterocycles. The zero-order valence-corrected chi connectivity index (χ0v) is 14.1. The minimum Gasteiger partial charge on any atom is -0.349 e. The van der Waals surface area contributed by atoms with Crippen molar-refractivity contribution < 1.29 is 9.59 Å². The van der Waals surface area contributed by atoms with Gasteiger partial charge in [0.15, 0.2) is 0 Å². The summed E-state index contributed by atoms with van der Waals surface area (Å²) >= 11 is 1.55. The van der Waals surface area contributed by atoms with E-state index in [1.807, 2.05) is 0 Å². The molecular weight excluding hydrogens is 322 g/mol. The molecule has 24 heavy (non-hydrogen) atoms. The van der Waals surface area contributed by atoms with Crippen LogP contribution in [0.25, 0.3) is 0 Å². The summed E-state index contributed by atoms with van der Waals surface area (Å²) in [5.74, 6) is -0.263. The maximum atomic E-state index is 12.7. The van der Waals surface area contributed by atoms with Crippen molar-refractivity contribution in [2.24, 2.45) is 0 Å². The van der Waals surface area contributed by atoms with Crippen LogP contribution in [-0.4, -0.2) is 22.8 Å². The smallest absolute Gasteiger partial charge is 0.257 e. The van der Waals surface area contributed by atoms with Gasteiger partial charge in [0.25, 0.3) is 11.8 Å². The van der Waals surface area contributed by atoms with Gasteiger partial charge in [-0.1, -0.05) is 0 Å². The molecule has 2 heterocycles. The van der Waals surface area contributed by atoms with Gasteiger partial charge in [-0.25, -0.2) is 0 Å². The van der Waals surface area contributed by atoms with E-state index in [9.17, 15) is 9.59 Å². The van der Waals surface area contributed by atoms with Gasteiger partial charge in [0.2, 0.25) is 0 Å². The van der Waals surface area contributed by atoms with E-state index in [4.69, 9.17) is 0 Å². The van der Waals surface area contributed by atoms with Crippen LogP contribution in [0.3, 0.4) is 0 Å². The summed E-state index contributed by atoms with van der Waals surface area (Å²) in [6.45, 7) is 0. The number of carbonyl (C=O) groups excluding carboxylic acids is 2. The fraction of sp³-hybridized carbons (Fsp3) is 0.389. The van der Waals surface area contributed by atoms with Crippen molar-refractivity contribution in [3.63, 3.8) is 0 Å². The lowest BCUT2D eigenvalue weighted by molar-refractivity contribution is 0.0951. The molecule has 0 bridgehead atoms. The first-order chi connectivity index (χ1) is 11.7. The van der Waals surface area contributed by atoms with Crippen LogP contribution in [0, 0.1) is 0 Å². The number of nitrogens with one attached hydrogen (secondary N) is 2. The molecule has 2 aliphatic carbocycles. The number of thiophene rings is 1. The molecular formula is C18H19N3O2S. The van der Waals surface area contributed by atoms with Gasteiger partial charge in [-0.05, 0) is 56.2 Å². The van der Waals surface area contributed by atoms with E-state index in [0.29, 0.717) is 22.2 Å². The van der Waals surface area contributed by atoms with Crippen molar-refractivity contribution in [1.29, 1.82) is 0 Å². The first kappa shape index (κ1) is 15.3. The predicted molar refractivity (Wildman–Crippen MR) is 93.6 cm³/mol. The molecule has 0 atom stereocenters. The molecule has 0 aliphatic heterocycles. The number of aromatic nitrogens is 1. The molecule has 124 valence electrons. The molecule has 2 aromatic rings. The Morgan fingerprint density at radius 2 is 2.00 bits per heavy atom. The van der Waals surface area contributed by atoms with Gasteiger partial charge in [-0.2, -0.15) is 0 Å². The summed E-state index contributed by atoms with van der Waals surface area (Å²) in [4.78, 5) is 30.4. The monoisotopic (exact) mass is 341 g/mol. The summed E-state index contributed by atoms with van der Waals surface area (Å²) < 4.78 is 0. The fourth-order valence-electron chi connectivity index (χ4n) is 3.05. The topological polar surface area (TPSA) is 71.1 Å². The van der Waals surface area contributed by atoms with Crippen molar-refractivity contribution in [3.8, 4) is 0 Å². The highest BCUT2D eigenvalue weighted by Gasteiger charge is 2.30. The number of aryl methyl sites for hydroxylation is 1. The lowest BCUT2D eigenvalue weighted by Crippen LogP contribution is -2.27. The number of pyridine rings is 1. The second-order valence-electron chi connectivity index (χ2n) is 6.36. The van der Waals surface area contributed by atoms with Crippen LogP contribution in [0.4, 0.5) is 5.00 Å². The van der Waals surface area contributed by atoms with Gasteiger partial charge in [0.1, 0.15) is 5.00 Å². The SMILES string of the molecule is O=C(Nc1sc2c(c1C(=O)NC1CC1)CCCC2)c1cccnc1. The molecule has 0 saturated heterocycles. The van der Waals surface area contributed by atoms with Gasteiger partial charge >= 0.3 is 0 Å². The number of nitrogens with zero attached hydrogens (tertiary/aromatic N) is 1. The van der Waals surface area contributed by atoms with Crippen LogP contribution in [-0.2, 0) is 12.8 Å². The second kappa shape index (κ2) is 6.36. The Balaban J connectivity index is 1.64. The van der Waals surface area contributed by atoms with Gasteiger partial charge in [-0.3, -0.25) is 14.6 Å². The predicted octanol–water partition coefficient (Wildman–Crippen LogP) is 3.17. The van der Waals surface area contributed by atoms with E-state index in [0.717, 1.165) is 44.1 Å². The van der Waals surface area contributed by atoms with Crippen LogP contribution >= 0.6 is 11.3 Å². The van der Waals surface area contributed by atoms with E-state index >= 15 is 0 Å². The Hall–Kier alpha value is -2.21. The van der Waals surface area contributed by atoms with Crippen molar-refractivity contribution in [2.75, 3.05) is 5.32 Å². The van der Waals surface area contributed by atoms with Crippen molar-refractivity contribution in [2.45, 2.75) is 44.6 Å². The van der Waals surface area contributed by atoms with E-state index in [2.05, 4.69) is 15.6 Å². The van der Waals surface area contributed by atoms with Crippen LogP contribution in [0.15, 0.2) is 24.5 Å². The maximum absolute atomic E-state index is 12.7. The number of hydrogen-bond acceptors (Lipinski definition) is 4. The van der Waals surface area contributed by atoms with Crippen LogP contribution in [0.1, 0.15) is 56.8 Å². The van der Waals surface area contributed by atoms with E-state index in [-0.39, 0.29) is 11.8 Å². The third-order valence-electron chi connectivity index (χ3n) is 4.46. The minimum absolute atomic E-state index is 0.0432. The Labute approximate surface area is 144 Å². The zero-order chi connectivity index (χ0) is 16.5. The minimum atomic E-state index is -0.220. The van der Waals surface area contributed by atoms with Gasteiger partial charge in [0.05, 0.1) is 11.1 Å². The third-order valence-corrected chi connectivity index (χ3v) is 5.67. The van der Waals surface area contributed by atoms with Gasteiger partial charge in [0, 0.05) is 23.3 Å². The maximum Gasteiger partial charge on any atom is 0.257 e. The number of amides is 2. The number of carbonyl (C=O) groups is 2. The van der Waals surface area contributed by atoms with Crippen molar-refractivity contribution >= 4 is 28.2 Å². The molecule has 6 heteroatoms. The van der Waals surface area contributed by atoms with E-state index < -0.39 is 0 Å². The second-order valence-corrected chi connectivity index (χ2v) is 7.46. The summed E-state index contributed by atoms with van der Waals surface area (Å²) in [7, 11) is 0. The summed E-state index contributed by atoms with van der Waals surface area (Å²) in [5, 5.41) is 6.68. The normalized spacial score (nSPS) is 16.3. The molecule has 0 aromatic carbocycles. The highest BCUT2D eigenvalue weighted by molar-refractivity contribution is 7.17. The van der Waals surface area contributed by atoms with Crippen LogP contribution in [0.2, 0.25) is 0 Å². The van der Waals surface area contributed by atoms with E-state index in [1.165, 1.54) is 11.1 Å². The Bertz CT molecular complexity index is 781. The standard InChI is InChI=1S/C18H19N3O2S/c22-16(11-4-3-9-19-10-11)21-18-15(17(23)20-12-7-8-12)13-5-1-2-6-14(13)24-18/h3-4,9-10,12H,1-2,5-8H2,(H,20,23)(H,21,22). The molecule has 0 unspecified atom stereocenters. The first-order valence-electron chi connectivity index (χ1n) is 8.39. The third kappa shape index (κ3) is 3.06. The summed E-state index contributed by atoms with van der Waals surface area (Å²) in [6, 6.07) is 3.76. The first-order valence-corrected chi connectivity index (χ1v) is 9.21. The molecule has 0 radical (unpaired) electrons. The number of fused-ring (bicyclic) bond motifs is 1. The average Bonchev–Trinajstić information content (AvgIpc) is 3.34. The average molecular weight is 341 g/mol. The molecule has 1 saturated carbocycles. The molecule has 4 rings (SSSR count). The van der Waals surface area contributed by atoms with Crippen LogP contribution in [0.5, 0.6) is 0 Å². The number of hydrogen-bond donors (Lipinski definition) is 2. The molecule has 2 aliphatic rings. The fourth-order valence-corrected chi connectivity index (χ4v) is 4.33. The van der Waals surface area contributed by atoms with Gasteiger partial charge < -0.3 is 10.6 Å². The molecule has 2 N–H and O–H groups in total. The highest BCUT2D eigenvalue weighted by Crippen LogP contribution is 2.38. The summed E-state index contributed by atoms with van der Waals surface area (Å²) in [6.07, 6.45) is 9.43. The largest absolute Gasteiger partial charge is 0.349 e. The van der Waals surface area contributed by atoms with Crippen molar-refractivity contribution in [1.82, 2.24) is 10.3 Å². The summed E-state index contributed by atoms with van der Waals surface area (Å²) in [5.41, 5.74) is 2.31. The van der Waals surface area contributed by atoms with Crippen molar-refractivity contribution in [3.05, 3.63) is 46.1 Å². The lowest BCUT2D eigenvalue weighted by atomic mass is 9.95. The number of rotatable bonds is 4. The molecule has 0 spiro atoms. The van der Waals surface area contributed by atoms with Gasteiger partial charge in [-0.15, -0.1) is 11.3 Å². The lowest BCUT2D eigenvalue weighted by Gasteiger charge is -2.13. The quantitative estimate of drug-likeness (QED) is 0.897. The number of anilines is 1. The molecule has 5 nitrogen and oxygen atoms in total. The molecule has 1 fully saturated rings. The zero-order valence-electron chi connectivity index (χ0n) is 13.3. The van der Waals surface area contributed by atoms with Crippen LogP contribution < -0.4 is 10.6 Å². The Morgan fingerprint density at radius 1 is 1.17 bits per heavy atom. The Morgan fingerprint density at radius 3 is 2.75 bits per heavy atom. The van der Waals surface area contributed by atoms with E-state index in [1.54, 1.807) is 29.7 Å². The Kier molecular flexibility index (Phi) is 4.06. The highest BCUT2D eigenvalue weighted by atomic mass is 32.1.